The zero-order chi connectivity index (χ0) is 10.8. The van der Waals surface area contributed by atoms with Gasteiger partial charge in [-0.2, -0.15) is 11.8 Å². The van der Waals surface area contributed by atoms with Crippen LogP contribution >= 0.6 is 11.8 Å². The van der Waals surface area contributed by atoms with E-state index >= 15 is 0 Å². The second-order valence-electron chi connectivity index (χ2n) is 4.35. The molecule has 2 heteroatoms. The van der Waals surface area contributed by atoms with Gasteiger partial charge in [-0.3, -0.25) is 0 Å². The number of fused-ring (bicyclic) bond motifs is 1. The molecule has 0 amide bonds. The number of nitrogens with one attached hydrogen (secondary N) is 1. The zero-order valence-corrected chi connectivity index (χ0v) is 10.5. The summed E-state index contributed by atoms with van der Waals surface area (Å²) in [4.78, 5) is 0. The Morgan fingerprint density at radius 1 is 1.20 bits per heavy atom. The summed E-state index contributed by atoms with van der Waals surface area (Å²) in [6.45, 7) is 4.65. The zero-order valence-electron chi connectivity index (χ0n) is 9.66. The summed E-state index contributed by atoms with van der Waals surface area (Å²) in [5, 5.41) is 4.08. The molecule has 1 heterocycles. The maximum Gasteiger partial charge on any atom is 0.0354 e. The van der Waals surface area contributed by atoms with Gasteiger partial charge in [0.2, 0.25) is 0 Å². The Morgan fingerprint density at radius 2 is 1.87 bits per heavy atom. The second kappa shape index (κ2) is 4.58. The summed E-state index contributed by atoms with van der Waals surface area (Å²) >= 11 is 2.07. The summed E-state index contributed by atoms with van der Waals surface area (Å²) in [6.07, 6.45) is 0. The molecule has 1 aromatic rings. The van der Waals surface area contributed by atoms with Crippen molar-refractivity contribution in [3.05, 3.63) is 35.4 Å². The standard InChI is InChI=1S/C13H19NS/c1-9-8-15-10(2)11-6-4-5-7-12(11)13(9)14-3/h4-7,9-10,13-14H,8H2,1-3H3. The van der Waals surface area contributed by atoms with Crippen LogP contribution in [-0.4, -0.2) is 12.8 Å². The molecule has 0 saturated carbocycles. The molecule has 1 aliphatic heterocycles. The van der Waals surface area contributed by atoms with Gasteiger partial charge in [-0.1, -0.05) is 31.2 Å². The monoisotopic (exact) mass is 221 g/mol. The summed E-state index contributed by atoms with van der Waals surface area (Å²) in [5.74, 6) is 1.94. The van der Waals surface area contributed by atoms with Crippen molar-refractivity contribution in [2.24, 2.45) is 5.92 Å². The smallest absolute Gasteiger partial charge is 0.0354 e. The quantitative estimate of drug-likeness (QED) is 0.780. The second-order valence-corrected chi connectivity index (χ2v) is 5.72. The maximum atomic E-state index is 3.46. The van der Waals surface area contributed by atoms with Crippen molar-refractivity contribution in [3.63, 3.8) is 0 Å². The van der Waals surface area contributed by atoms with Crippen LogP contribution in [-0.2, 0) is 0 Å². The van der Waals surface area contributed by atoms with Crippen LogP contribution in [0.3, 0.4) is 0 Å². The normalized spacial score (nSPS) is 30.7. The summed E-state index contributed by atoms with van der Waals surface area (Å²) in [6, 6.07) is 9.36. The van der Waals surface area contributed by atoms with Crippen LogP contribution in [0.4, 0.5) is 0 Å². The molecule has 3 unspecified atom stereocenters. The van der Waals surface area contributed by atoms with Gasteiger partial charge in [0.1, 0.15) is 0 Å². The molecule has 1 nitrogen and oxygen atoms in total. The number of rotatable bonds is 1. The third-order valence-electron chi connectivity index (χ3n) is 3.26. The van der Waals surface area contributed by atoms with E-state index in [4.69, 9.17) is 0 Å². The van der Waals surface area contributed by atoms with Crippen LogP contribution in [0, 0.1) is 5.92 Å². The van der Waals surface area contributed by atoms with Gasteiger partial charge in [0.15, 0.2) is 0 Å². The minimum Gasteiger partial charge on any atom is -0.313 e. The van der Waals surface area contributed by atoms with Crippen LogP contribution in [0.5, 0.6) is 0 Å². The van der Waals surface area contributed by atoms with Gasteiger partial charge < -0.3 is 5.32 Å². The summed E-state index contributed by atoms with van der Waals surface area (Å²) < 4.78 is 0. The minimum absolute atomic E-state index is 0.513. The molecule has 1 aliphatic rings. The third-order valence-corrected chi connectivity index (χ3v) is 4.73. The highest BCUT2D eigenvalue weighted by Crippen LogP contribution is 2.41. The van der Waals surface area contributed by atoms with Gasteiger partial charge >= 0.3 is 0 Å². The maximum absolute atomic E-state index is 3.46. The molecule has 0 radical (unpaired) electrons. The highest BCUT2D eigenvalue weighted by Gasteiger charge is 2.26. The molecule has 1 N–H and O–H groups in total. The molecular formula is C13H19NS. The van der Waals surface area contributed by atoms with Crippen LogP contribution in [0.2, 0.25) is 0 Å². The molecule has 3 atom stereocenters. The van der Waals surface area contributed by atoms with Gasteiger partial charge in [-0.15, -0.1) is 0 Å². The first kappa shape index (κ1) is 11.0. The molecule has 15 heavy (non-hydrogen) atoms. The summed E-state index contributed by atoms with van der Waals surface area (Å²) in [5.41, 5.74) is 3.00. The van der Waals surface area contributed by atoms with Gasteiger partial charge in [0.25, 0.3) is 0 Å². The van der Waals surface area contributed by atoms with E-state index in [1.165, 1.54) is 16.9 Å². The van der Waals surface area contributed by atoms with E-state index in [0.29, 0.717) is 17.2 Å². The summed E-state index contributed by atoms with van der Waals surface area (Å²) in [7, 11) is 2.07. The Hall–Kier alpha value is -0.470. The molecular weight excluding hydrogens is 202 g/mol. The molecule has 0 spiro atoms. The van der Waals surface area contributed by atoms with Crippen molar-refractivity contribution in [2.75, 3.05) is 12.8 Å². The lowest BCUT2D eigenvalue weighted by Crippen LogP contribution is -2.24. The van der Waals surface area contributed by atoms with Crippen molar-refractivity contribution in [1.29, 1.82) is 0 Å². The minimum atomic E-state index is 0.513. The van der Waals surface area contributed by atoms with E-state index < -0.39 is 0 Å². The molecule has 0 aliphatic carbocycles. The average Bonchev–Trinajstić information content (AvgIpc) is 2.38. The van der Waals surface area contributed by atoms with Crippen LogP contribution in [0.1, 0.15) is 36.3 Å². The van der Waals surface area contributed by atoms with Gasteiger partial charge in [-0.25, -0.2) is 0 Å². The van der Waals surface area contributed by atoms with Gasteiger partial charge in [0, 0.05) is 11.3 Å². The predicted molar refractivity (Wildman–Crippen MR) is 68.3 cm³/mol. The van der Waals surface area contributed by atoms with Crippen LogP contribution < -0.4 is 5.32 Å². The molecule has 82 valence electrons. The van der Waals surface area contributed by atoms with Crippen molar-refractivity contribution in [1.82, 2.24) is 5.32 Å². The Morgan fingerprint density at radius 3 is 2.53 bits per heavy atom. The molecule has 0 aromatic heterocycles. The van der Waals surface area contributed by atoms with Crippen LogP contribution in [0.15, 0.2) is 24.3 Å². The number of thioether (sulfide) groups is 1. The largest absolute Gasteiger partial charge is 0.313 e. The SMILES string of the molecule is CNC1c2ccccc2C(C)SCC1C. The lowest BCUT2D eigenvalue weighted by Gasteiger charge is -2.22. The van der Waals surface area contributed by atoms with E-state index in [-0.39, 0.29) is 0 Å². The van der Waals surface area contributed by atoms with E-state index in [9.17, 15) is 0 Å². The highest BCUT2D eigenvalue weighted by atomic mass is 32.2. The number of benzene rings is 1. The first-order valence-electron chi connectivity index (χ1n) is 5.61. The van der Waals surface area contributed by atoms with Crippen molar-refractivity contribution in [3.8, 4) is 0 Å². The Balaban J connectivity index is 2.45. The molecule has 0 bridgehead atoms. The lowest BCUT2D eigenvalue weighted by molar-refractivity contribution is 0.450. The highest BCUT2D eigenvalue weighted by molar-refractivity contribution is 7.99. The van der Waals surface area contributed by atoms with E-state index in [1.54, 1.807) is 0 Å². The average molecular weight is 221 g/mol. The van der Waals surface area contributed by atoms with E-state index in [0.717, 1.165) is 0 Å². The van der Waals surface area contributed by atoms with Gasteiger partial charge in [-0.05, 0) is 36.8 Å². The van der Waals surface area contributed by atoms with Gasteiger partial charge in [0.05, 0.1) is 0 Å². The Labute approximate surface area is 96.7 Å². The number of hydrogen-bond acceptors (Lipinski definition) is 2. The first-order chi connectivity index (χ1) is 7.24. The third kappa shape index (κ3) is 2.06. The fourth-order valence-corrected chi connectivity index (χ4v) is 3.57. The molecule has 1 aromatic carbocycles. The topological polar surface area (TPSA) is 12.0 Å². The molecule has 0 saturated heterocycles. The number of hydrogen-bond donors (Lipinski definition) is 1. The van der Waals surface area contributed by atoms with Crippen LogP contribution in [0.25, 0.3) is 0 Å². The Bertz CT molecular complexity index is 337. The Kier molecular flexibility index (Phi) is 3.37. The van der Waals surface area contributed by atoms with Crippen molar-refractivity contribution < 1.29 is 0 Å². The van der Waals surface area contributed by atoms with E-state index in [2.05, 4.69) is 62.2 Å². The molecule has 2 rings (SSSR count). The fourth-order valence-electron chi connectivity index (χ4n) is 2.39. The predicted octanol–water partition coefficient (Wildman–Crippen LogP) is 3.39. The fraction of sp³-hybridized carbons (Fsp3) is 0.538. The molecule has 0 fully saturated rings. The van der Waals surface area contributed by atoms with E-state index in [1.807, 2.05) is 0 Å². The van der Waals surface area contributed by atoms with Crippen molar-refractivity contribution in [2.45, 2.75) is 25.1 Å². The van der Waals surface area contributed by atoms with Crippen molar-refractivity contribution >= 4 is 11.8 Å². The first-order valence-corrected chi connectivity index (χ1v) is 6.66. The lowest BCUT2D eigenvalue weighted by atomic mass is 9.91.